The van der Waals surface area contributed by atoms with Crippen LogP contribution in [0.4, 0.5) is 0 Å². The summed E-state index contributed by atoms with van der Waals surface area (Å²) in [6.07, 6.45) is 2.04. The Morgan fingerprint density at radius 2 is 2.50 bits per heavy atom. The molecule has 0 saturated carbocycles. The number of ketones is 1. The van der Waals surface area contributed by atoms with Gasteiger partial charge in [-0.15, -0.1) is 0 Å². The molecule has 3 heteroatoms. The van der Waals surface area contributed by atoms with Crippen molar-refractivity contribution in [3.63, 3.8) is 0 Å². The Morgan fingerprint density at radius 1 is 1.71 bits per heavy atom. The van der Waals surface area contributed by atoms with Gasteiger partial charge in [0, 0.05) is 5.92 Å². The van der Waals surface area contributed by atoms with Gasteiger partial charge in [-0.3, -0.25) is 4.79 Å². The van der Waals surface area contributed by atoms with Crippen LogP contribution in [-0.4, -0.2) is 18.9 Å². The number of nitrogens with one attached hydrogen (secondary N) is 1. The third-order valence-electron chi connectivity index (χ3n) is 2.96. The van der Waals surface area contributed by atoms with Gasteiger partial charge in [0.2, 0.25) is 0 Å². The highest BCUT2D eigenvalue weighted by molar-refractivity contribution is 5.82. The smallest absolute Gasteiger partial charge is 0.143 e. The van der Waals surface area contributed by atoms with Gasteiger partial charge in [-0.2, -0.15) is 0 Å². The summed E-state index contributed by atoms with van der Waals surface area (Å²) >= 11 is 0. The van der Waals surface area contributed by atoms with Crippen LogP contribution in [0.5, 0.6) is 0 Å². The maximum absolute atomic E-state index is 11.8. The fourth-order valence-electron chi connectivity index (χ4n) is 1.67. The Labute approximate surface area is 83.5 Å². The van der Waals surface area contributed by atoms with Crippen molar-refractivity contribution in [2.45, 2.75) is 13.3 Å². The van der Waals surface area contributed by atoms with E-state index in [1.165, 1.54) is 0 Å². The fraction of sp³-hybridized carbons (Fsp3) is 0.545. The van der Waals surface area contributed by atoms with Gasteiger partial charge in [-0.05, 0) is 31.1 Å². The van der Waals surface area contributed by atoms with E-state index in [1.54, 1.807) is 6.26 Å². The zero-order valence-corrected chi connectivity index (χ0v) is 8.32. The third-order valence-corrected chi connectivity index (χ3v) is 2.96. The zero-order valence-electron chi connectivity index (χ0n) is 8.32. The molecule has 0 aromatic carbocycles. The highest BCUT2D eigenvalue weighted by atomic mass is 16.3. The van der Waals surface area contributed by atoms with Gasteiger partial charge in [0.25, 0.3) is 0 Å². The number of furan rings is 1. The molecule has 1 aromatic heterocycles. The second kappa shape index (κ2) is 3.96. The molecule has 1 aromatic rings. The average Bonchev–Trinajstić information content (AvgIpc) is 2.53. The average molecular weight is 193 g/mol. The van der Waals surface area contributed by atoms with Crippen LogP contribution >= 0.6 is 0 Å². The van der Waals surface area contributed by atoms with E-state index in [0.29, 0.717) is 12.3 Å². The van der Waals surface area contributed by atoms with Gasteiger partial charge in [0.15, 0.2) is 0 Å². The molecular weight excluding hydrogens is 178 g/mol. The van der Waals surface area contributed by atoms with Crippen LogP contribution in [-0.2, 0) is 11.2 Å². The van der Waals surface area contributed by atoms with Gasteiger partial charge in [0.05, 0.1) is 12.7 Å². The Hall–Kier alpha value is -1.09. The first-order chi connectivity index (χ1) is 6.77. The summed E-state index contributed by atoms with van der Waals surface area (Å²) < 4.78 is 5.15. The van der Waals surface area contributed by atoms with Crippen molar-refractivity contribution < 1.29 is 9.21 Å². The van der Waals surface area contributed by atoms with Crippen LogP contribution < -0.4 is 5.32 Å². The molecule has 76 valence electrons. The van der Waals surface area contributed by atoms with Crippen LogP contribution in [0.3, 0.4) is 0 Å². The molecular formula is C11H15NO2. The standard InChI is InChI=1S/C11H15NO2/c1-8(9-6-12-7-9)11(13)5-10-3-2-4-14-10/h2-4,8-9,12H,5-7H2,1H3. The van der Waals surface area contributed by atoms with E-state index in [4.69, 9.17) is 4.42 Å². The number of hydrogen-bond acceptors (Lipinski definition) is 3. The maximum Gasteiger partial charge on any atom is 0.143 e. The molecule has 1 saturated heterocycles. The SMILES string of the molecule is CC(C(=O)Cc1ccco1)C1CNC1. The molecule has 0 bridgehead atoms. The minimum atomic E-state index is 0.154. The normalized spacial score (nSPS) is 18.9. The molecule has 0 amide bonds. The molecule has 0 aliphatic carbocycles. The first-order valence-corrected chi connectivity index (χ1v) is 5.03. The van der Waals surface area contributed by atoms with Crippen LogP contribution in [0.15, 0.2) is 22.8 Å². The molecule has 1 atom stereocenters. The van der Waals surface area contributed by atoms with Crippen molar-refractivity contribution in [3.8, 4) is 0 Å². The van der Waals surface area contributed by atoms with Crippen molar-refractivity contribution in [2.24, 2.45) is 11.8 Å². The second-order valence-electron chi connectivity index (χ2n) is 3.93. The second-order valence-corrected chi connectivity index (χ2v) is 3.93. The maximum atomic E-state index is 11.8. The highest BCUT2D eigenvalue weighted by Crippen LogP contribution is 2.18. The lowest BCUT2D eigenvalue weighted by Gasteiger charge is -2.31. The van der Waals surface area contributed by atoms with Crippen LogP contribution in [0, 0.1) is 11.8 Å². The molecule has 0 radical (unpaired) electrons. The van der Waals surface area contributed by atoms with Crippen molar-refractivity contribution in [2.75, 3.05) is 13.1 Å². The third kappa shape index (κ3) is 1.87. The molecule has 14 heavy (non-hydrogen) atoms. The van der Waals surface area contributed by atoms with Gasteiger partial charge in [-0.25, -0.2) is 0 Å². The predicted molar refractivity (Wildman–Crippen MR) is 52.9 cm³/mol. The van der Waals surface area contributed by atoms with Crippen LogP contribution in [0.2, 0.25) is 0 Å². The van der Waals surface area contributed by atoms with E-state index in [0.717, 1.165) is 18.8 Å². The summed E-state index contributed by atoms with van der Waals surface area (Å²) in [5.74, 6) is 1.74. The summed E-state index contributed by atoms with van der Waals surface area (Å²) in [6, 6.07) is 3.67. The number of carbonyl (C=O) groups excluding carboxylic acids is 1. The summed E-state index contributed by atoms with van der Waals surface area (Å²) in [7, 11) is 0. The summed E-state index contributed by atoms with van der Waals surface area (Å²) in [5, 5.41) is 3.18. The topological polar surface area (TPSA) is 42.2 Å². The summed E-state index contributed by atoms with van der Waals surface area (Å²) in [5.41, 5.74) is 0. The fourth-order valence-corrected chi connectivity index (χ4v) is 1.67. The van der Waals surface area contributed by atoms with E-state index in [1.807, 2.05) is 19.1 Å². The molecule has 1 aliphatic rings. The lowest BCUT2D eigenvalue weighted by molar-refractivity contribution is -0.124. The lowest BCUT2D eigenvalue weighted by Crippen LogP contribution is -2.47. The minimum Gasteiger partial charge on any atom is -0.469 e. The van der Waals surface area contributed by atoms with Gasteiger partial charge >= 0.3 is 0 Å². The van der Waals surface area contributed by atoms with Crippen molar-refractivity contribution >= 4 is 5.78 Å². The monoisotopic (exact) mass is 193 g/mol. The molecule has 2 rings (SSSR count). The largest absolute Gasteiger partial charge is 0.469 e. The number of Topliss-reactive ketones (excluding diaryl/α,β-unsaturated/α-hetero) is 1. The molecule has 0 spiro atoms. The Balaban J connectivity index is 1.88. The molecule has 1 unspecified atom stereocenters. The quantitative estimate of drug-likeness (QED) is 0.782. The lowest BCUT2D eigenvalue weighted by atomic mass is 9.84. The number of carbonyl (C=O) groups is 1. The first-order valence-electron chi connectivity index (χ1n) is 5.03. The zero-order chi connectivity index (χ0) is 9.97. The van der Waals surface area contributed by atoms with E-state index in [2.05, 4.69) is 5.32 Å². The molecule has 3 nitrogen and oxygen atoms in total. The Morgan fingerprint density at radius 3 is 3.00 bits per heavy atom. The Kier molecular flexibility index (Phi) is 2.68. The molecule has 1 N–H and O–H groups in total. The van der Waals surface area contributed by atoms with Gasteiger partial charge in [-0.1, -0.05) is 6.92 Å². The van der Waals surface area contributed by atoms with Crippen molar-refractivity contribution in [1.82, 2.24) is 5.32 Å². The molecule has 1 aliphatic heterocycles. The van der Waals surface area contributed by atoms with Gasteiger partial charge < -0.3 is 9.73 Å². The predicted octanol–water partition coefficient (Wildman–Crippen LogP) is 1.25. The number of hydrogen-bond donors (Lipinski definition) is 1. The van der Waals surface area contributed by atoms with Crippen molar-refractivity contribution in [1.29, 1.82) is 0 Å². The summed E-state index contributed by atoms with van der Waals surface area (Å²) in [6.45, 7) is 3.97. The van der Waals surface area contributed by atoms with Crippen LogP contribution in [0.25, 0.3) is 0 Å². The number of rotatable bonds is 4. The Bertz CT molecular complexity index is 301. The van der Waals surface area contributed by atoms with E-state index >= 15 is 0 Å². The minimum absolute atomic E-state index is 0.154. The first kappa shape index (κ1) is 9.46. The van der Waals surface area contributed by atoms with E-state index in [9.17, 15) is 4.79 Å². The van der Waals surface area contributed by atoms with Crippen molar-refractivity contribution in [3.05, 3.63) is 24.2 Å². The summed E-state index contributed by atoms with van der Waals surface area (Å²) in [4.78, 5) is 11.8. The molecule has 2 heterocycles. The van der Waals surface area contributed by atoms with E-state index < -0.39 is 0 Å². The van der Waals surface area contributed by atoms with Gasteiger partial charge in [0.1, 0.15) is 11.5 Å². The van der Waals surface area contributed by atoms with Crippen LogP contribution in [0.1, 0.15) is 12.7 Å². The van der Waals surface area contributed by atoms with E-state index in [-0.39, 0.29) is 11.7 Å². The highest BCUT2D eigenvalue weighted by Gasteiger charge is 2.28. The molecule has 1 fully saturated rings.